The van der Waals surface area contributed by atoms with E-state index in [1.165, 1.54) is 54.0 Å². The first-order valence-electron chi connectivity index (χ1n) is 18.3. The van der Waals surface area contributed by atoms with Crippen molar-refractivity contribution in [1.82, 2.24) is 19.1 Å². The SMILES string of the molecule is C[Si]1(C)c2ccccc2-c2nc(-c3ccccc3-n3c4ccccc4c4ccc5c6ccccc6n(-c6ccccc6)c5c43)nc(-c3ccccc3)c21. The molecule has 4 nitrogen and oxygen atoms in total. The van der Waals surface area contributed by atoms with Crippen LogP contribution in [0.1, 0.15) is 0 Å². The molecule has 1 aliphatic rings. The molecular formula is C48H34N4Si. The lowest BCUT2D eigenvalue weighted by Gasteiger charge is -2.22. The Morgan fingerprint density at radius 2 is 0.962 bits per heavy atom. The molecule has 250 valence electrons. The van der Waals surface area contributed by atoms with Crippen LogP contribution in [0.2, 0.25) is 13.1 Å². The van der Waals surface area contributed by atoms with Gasteiger partial charge < -0.3 is 9.13 Å². The molecule has 0 spiro atoms. The van der Waals surface area contributed by atoms with E-state index in [4.69, 9.17) is 9.97 Å². The highest BCUT2D eigenvalue weighted by molar-refractivity contribution is 7.04. The molecule has 0 N–H and O–H groups in total. The van der Waals surface area contributed by atoms with Crippen molar-refractivity contribution < 1.29 is 0 Å². The summed E-state index contributed by atoms with van der Waals surface area (Å²) in [5.41, 5.74) is 12.4. The van der Waals surface area contributed by atoms with Gasteiger partial charge in [-0.05, 0) is 52.3 Å². The zero-order valence-electron chi connectivity index (χ0n) is 29.5. The molecule has 3 aromatic heterocycles. The van der Waals surface area contributed by atoms with Gasteiger partial charge >= 0.3 is 0 Å². The van der Waals surface area contributed by atoms with Gasteiger partial charge in [-0.2, -0.15) is 0 Å². The van der Waals surface area contributed by atoms with Crippen LogP contribution in [0.3, 0.4) is 0 Å². The van der Waals surface area contributed by atoms with Crippen molar-refractivity contribution in [3.05, 3.63) is 170 Å². The highest BCUT2D eigenvalue weighted by Crippen LogP contribution is 2.43. The number of para-hydroxylation sites is 4. The summed E-state index contributed by atoms with van der Waals surface area (Å²) in [7, 11) is -2.09. The highest BCUT2D eigenvalue weighted by atomic mass is 28.3. The predicted molar refractivity (Wildman–Crippen MR) is 224 cm³/mol. The van der Waals surface area contributed by atoms with E-state index >= 15 is 0 Å². The largest absolute Gasteiger partial charge is 0.307 e. The molecule has 0 saturated heterocycles. The molecule has 1 aliphatic heterocycles. The Morgan fingerprint density at radius 3 is 1.68 bits per heavy atom. The van der Waals surface area contributed by atoms with E-state index in [0.717, 1.165) is 45.2 Å². The Morgan fingerprint density at radius 1 is 0.434 bits per heavy atom. The van der Waals surface area contributed by atoms with Crippen molar-refractivity contribution in [2.45, 2.75) is 13.1 Å². The van der Waals surface area contributed by atoms with Gasteiger partial charge in [0.1, 0.15) is 8.07 Å². The van der Waals surface area contributed by atoms with Gasteiger partial charge in [-0.25, -0.2) is 9.97 Å². The van der Waals surface area contributed by atoms with Gasteiger partial charge in [0, 0.05) is 38.4 Å². The Labute approximate surface area is 308 Å². The Bertz CT molecular complexity index is 3080. The summed E-state index contributed by atoms with van der Waals surface area (Å²) < 4.78 is 4.90. The Balaban J connectivity index is 1.28. The lowest BCUT2D eigenvalue weighted by Crippen LogP contribution is -2.50. The predicted octanol–water partition coefficient (Wildman–Crippen LogP) is 10.8. The molecule has 0 bridgehead atoms. The minimum absolute atomic E-state index is 0.737. The van der Waals surface area contributed by atoms with Crippen molar-refractivity contribution in [3.63, 3.8) is 0 Å². The Hall–Kier alpha value is -6.56. The van der Waals surface area contributed by atoms with E-state index in [1.807, 2.05) is 0 Å². The first-order chi connectivity index (χ1) is 26.1. The van der Waals surface area contributed by atoms with Crippen molar-refractivity contribution in [3.8, 4) is 45.3 Å². The highest BCUT2D eigenvalue weighted by Gasteiger charge is 2.41. The summed E-state index contributed by atoms with van der Waals surface area (Å²) in [6.07, 6.45) is 0. The van der Waals surface area contributed by atoms with Gasteiger partial charge in [-0.3, -0.25) is 0 Å². The third-order valence-electron chi connectivity index (χ3n) is 11.3. The fraction of sp³-hybridized carbons (Fsp3) is 0.0417. The number of rotatable bonds is 4. The molecule has 0 unspecified atom stereocenters. The second-order valence-corrected chi connectivity index (χ2v) is 18.9. The van der Waals surface area contributed by atoms with Crippen LogP contribution in [-0.4, -0.2) is 27.2 Å². The second kappa shape index (κ2) is 11.2. The molecule has 0 amide bonds. The summed E-state index contributed by atoms with van der Waals surface area (Å²) in [5.74, 6) is 0.737. The van der Waals surface area contributed by atoms with Crippen LogP contribution in [0.4, 0.5) is 0 Å². The van der Waals surface area contributed by atoms with Crippen molar-refractivity contribution in [2.75, 3.05) is 0 Å². The molecule has 0 saturated carbocycles. The molecule has 7 aromatic carbocycles. The number of fused-ring (bicyclic) bond motifs is 10. The topological polar surface area (TPSA) is 35.6 Å². The van der Waals surface area contributed by atoms with Crippen molar-refractivity contribution >= 4 is 62.1 Å². The first kappa shape index (κ1) is 30.1. The molecule has 5 heteroatoms. The van der Waals surface area contributed by atoms with Crippen LogP contribution in [0.25, 0.3) is 88.9 Å². The smallest absolute Gasteiger partial charge is 0.162 e. The van der Waals surface area contributed by atoms with E-state index in [-0.39, 0.29) is 0 Å². The molecule has 0 atom stereocenters. The van der Waals surface area contributed by atoms with Crippen molar-refractivity contribution in [1.29, 1.82) is 0 Å². The number of hydrogen-bond donors (Lipinski definition) is 0. The number of hydrogen-bond acceptors (Lipinski definition) is 2. The van der Waals surface area contributed by atoms with Crippen LogP contribution in [-0.2, 0) is 0 Å². The van der Waals surface area contributed by atoms with Crippen molar-refractivity contribution in [2.24, 2.45) is 0 Å². The maximum Gasteiger partial charge on any atom is 0.162 e. The molecule has 0 aliphatic carbocycles. The van der Waals surface area contributed by atoms with E-state index in [2.05, 4.69) is 192 Å². The lowest BCUT2D eigenvalue weighted by atomic mass is 10.1. The minimum atomic E-state index is -2.09. The molecule has 0 radical (unpaired) electrons. The summed E-state index contributed by atoms with van der Waals surface area (Å²) in [5, 5.41) is 7.62. The maximum atomic E-state index is 5.56. The van der Waals surface area contributed by atoms with Crippen LogP contribution in [0.5, 0.6) is 0 Å². The molecular weight excluding hydrogens is 661 g/mol. The van der Waals surface area contributed by atoms with Crippen LogP contribution >= 0.6 is 0 Å². The monoisotopic (exact) mass is 694 g/mol. The van der Waals surface area contributed by atoms with Gasteiger partial charge in [-0.15, -0.1) is 0 Å². The fourth-order valence-corrected chi connectivity index (χ4v) is 12.2. The third-order valence-corrected chi connectivity index (χ3v) is 14.8. The van der Waals surface area contributed by atoms with E-state index in [9.17, 15) is 0 Å². The zero-order valence-corrected chi connectivity index (χ0v) is 30.5. The summed E-state index contributed by atoms with van der Waals surface area (Å²) >= 11 is 0. The molecule has 0 fully saturated rings. The van der Waals surface area contributed by atoms with E-state index in [1.54, 1.807) is 0 Å². The second-order valence-electron chi connectivity index (χ2n) is 14.6. The maximum absolute atomic E-state index is 5.56. The van der Waals surface area contributed by atoms with Gasteiger partial charge in [0.2, 0.25) is 0 Å². The average Bonchev–Trinajstić information content (AvgIpc) is 3.82. The quantitative estimate of drug-likeness (QED) is 0.172. The van der Waals surface area contributed by atoms with Crippen LogP contribution < -0.4 is 10.4 Å². The van der Waals surface area contributed by atoms with Gasteiger partial charge in [0.15, 0.2) is 5.82 Å². The molecule has 10 aromatic rings. The molecule has 4 heterocycles. The summed E-state index contributed by atoms with van der Waals surface area (Å²) in [6, 6.07) is 61.2. The zero-order chi connectivity index (χ0) is 35.3. The minimum Gasteiger partial charge on any atom is -0.307 e. The average molecular weight is 695 g/mol. The van der Waals surface area contributed by atoms with E-state index in [0.29, 0.717) is 0 Å². The van der Waals surface area contributed by atoms with Crippen LogP contribution in [0.15, 0.2) is 170 Å². The molecule has 11 rings (SSSR count). The van der Waals surface area contributed by atoms with Gasteiger partial charge in [0.05, 0.1) is 39.1 Å². The Kier molecular flexibility index (Phi) is 6.37. The third kappa shape index (κ3) is 4.23. The molecule has 53 heavy (non-hydrogen) atoms. The van der Waals surface area contributed by atoms with E-state index < -0.39 is 8.07 Å². The van der Waals surface area contributed by atoms with Gasteiger partial charge in [0.25, 0.3) is 0 Å². The number of nitrogens with zero attached hydrogens (tertiary/aromatic N) is 4. The summed E-state index contributed by atoms with van der Waals surface area (Å²) in [4.78, 5) is 11.1. The summed E-state index contributed by atoms with van der Waals surface area (Å²) in [6.45, 7) is 4.88. The van der Waals surface area contributed by atoms with Crippen LogP contribution in [0, 0.1) is 0 Å². The first-order valence-corrected chi connectivity index (χ1v) is 21.3. The normalized spacial score (nSPS) is 13.2. The fourth-order valence-electron chi connectivity index (χ4n) is 9.00. The number of benzene rings is 7. The standard InChI is InChI=1S/C48H34N4Si/c1-53(2)42-28-16-12-24-38(42)44-47(53)43(31-17-5-3-6-18-31)49-48(50-44)37-23-11-15-27-41(37)52-40-26-14-10-22-34(40)36-30-29-35-33-21-9-13-25-39(33)51(45(35)46(36)52)32-19-7-4-8-20-32/h3-30H,1-2H3. The van der Waals surface area contributed by atoms with Gasteiger partial charge in [-0.1, -0.05) is 147 Å². The lowest BCUT2D eigenvalue weighted by molar-refractivity contribution is 1.13. The number of aromatic nitrogens is 4.